The highest BCUT2D eigenvalue weighted by atomic mass is 32.2. The average molecular weight is 287 g/mol. The molecule has 106 valence electrons. The lowest BCUT2D eigenvalue weighted by atomic mass is 10.2. The number of hydrogen-bond donors (Lipinski definition) is 1. The van der Waals surface area contributed by atoms with Crippen LogP contribution in [0.4, 0.5) is 4.39 Å². The second-order valence-corrected chi connectivity index (χ2v) is 6.71. The minimum absolute atomic E-state index is 0.0539. The molecule has 0 spiro atoms. The van der Waals surface area contributed by atoms with Crippen molar-refractivity contribution in [2.45, 2.75) is 25.5 Å². The van der Waals surface area contributed by atoms with Crippen molar-refractivity contribution < 1.29 is 17.6 Å². The highest BCUT2D eigenvalue weighted by Gasteiger charge is 2.23. The zero-order valence-electron chi connectivity index (χ0n) is 11.0. The van der Waals surface area contributed by atoms with Crippen LogP contribution in [-0.4, -0.2) is 26.6 Å². The van der Waals surface area contributed by atoms with Crippen molar-refractivity contribution in [3.8, 4) is 0 Å². The Labute approximate surface area is 112 Å². The van der Waals surface area contributed by atoms with Gasteiger partial charge in [0, 0.05) is 13.0 Å². The van der Waals surface area contributed by atoms with Crippen LogP contribution in [0.2, 0.25) is 0 Å². The monoisotopic (exact) mass is 287 g/mol. The van der Waals surface area contributed by atoms with Gasteiger partial charge in [-0.2, -0.15) is 0 Å². The zero-order chi connectivity index (χ0) is 14.5. The van der Waals surface area contributed by atoms with Gasteiger partial charge in [0.2, 0.25) is 5.91 Å². The molecule has 0 fully saturated rings. The second-order valence-electron chi connectivity index (χ2n) is 4.26. The fourth-order valence-corrected chi connectivity index (χ4v) is 3.03. The van der Waals surface area contributed by atoms with Crippen LogP contribution in [0, 0.1) is 5.82 Å². The van der Waals surface area contributed by atoms with Gasteiger partial charge in [0.05, 0.1) is 11.0 Å². The third-order valence-electron chi connectivity index (χ3n) is 2.87. The zero-order valence-corrected chi connectivity index (χ0v) is 11.8. The van der Waals surface area contributed by atoms with Crippen molar-refractivity contribution in [3.05, 3.63) is 35.6 Å². The maximum absolute atomic E-state index is 12.8. The first kappa shape index (κ1) is 15.6. The number of benzene rings is 1. The number of amides is 1. The molecular weight excluding hydrogens is 269 g/mol. The lowest BCUT2D eigenvalue weighted by molar-refractivity contribution is -0.120. The molecule has 0 heterocycles. The summed E-state index contributed by atoms with van der Waals surface area (Å²) in [6.07, 6.45) is -0.0539. The molecule has 0 aromatic heterocycles. The Morgan fingerprint density at radius 1 is 1.32 bits per heavy atom. The normalized spacial score (nSPS) is 13.0. The Hall–Kier alpha value is -1.43. The Kier molecular flexibility index (Phi) is 5.47. The maximum Gasteiger partial charge on any atom is 0.221 e. The van der Waals surface area contributed by atoms with Gasteiger partial charge in [-0.25, -0.2) is 12.8 Å². The Morgan fingerprint density at radius 3 is 2.42 bits per heavy atom. The van der Waals surface area contributed by atoms with Gasteiger partial charge in [-0.1, -0.05) is 12.1 Å². The second kappa shape index (κ2) is 6.65. The molecule has 4 nitrogen and oxygen atoms in total. The van der Waals surface area contributed by atoms with Crippen molar-refractivity contribution in [3.63, 3.8) is 0 Å². The van der Waals surface area contributed by atoms with Crippen molar-refractivity contribution in [2.24, 2.45) is 0 Å². The Balaban J connectivity index is 2.71. The van der Waals surface area contributed by atoms with Gasteiger partial charge >= 0.3 is 0 Å². The highest BCUT2D eigenvalue weighted by Crippen LogP contribution is 2.23. The predicted octanol–water partition coefficient (Wildman–Crippen LogP) is 1.83. The summed E-state index contributed by atoms with van der Waals surface area (Å²) >= 11 is 0. The van der Waals surface area contributed by atoms with E-state index in [1.807, 2.05) is 0 Å². The van der Waals surface area contributed by atoms with Crippen LogP contribution in [0.3, 0.4) is 0 Å². The lowest BCUT2D eigenvalue weighted by Crippen LogP contribution is -2.26. The summed E-state index contributed by atoms with van der Waals surface area (Å²) in [6.45, 7) is 3.79. The number of sulfone groups is 1. The third-order valence-corrected chi connectivity index (χ3v) is 4.99. The third kappa shape index (κ3) is 4.63. The molecule has 1 aromatic carbocycles. The topological polar surface area (TPSA) is 63.2 Å². The van der Waals surface area contributed by atoms with E-state index in [0.717, 1.165) is 0 Å². The number of hydrogen-bond acceptors (Lipinski definition) is 3. The van der Waals surface area contributed by atoms with E-state index < -0.39 is 20.9 Å². The maximum atomic E-state index is 12.8. The summed E-state index contributed by atoms with van der Waals surface area (Å²) in [7, 11) is -3.42. The van der Waals surface area contributed by atoms with Crippen LogP contribution in [-0.2, 0) is 14.6 Å². The molecule has 1 N–H and O–H groups in total. The van der Waals surface area contributed by atoms with Gasteiger partial charge in [-0.05, 0) is 31.5 Å². The standard InChI is InChI=1S/C13H18FNO3S/c1-3-15-13(16)8-9-19(17,18)10(2)11-4-6-12(14)7-5-11/h4-7,10H,3,8-9H2,1-2H3,(H,15,16)/t10-/m0/s1. The average Bonchev–Trinajstić information content (AvgIpc) is 2.37. The first-order valence-electron chi connectivity index (χ1n) is 6.10. The van der Waals surface area contributed by atoms with Gasteiger partial charge in [-0.3, -0.25) is 4.79 Å². The summed E-state index contributed by atoms with van der Waals surface area (Å²) in [5.41, 5.74) is 0.525. The molecule has 0 saturated carbocycles. The molecule has 1 amide bonds. The van der Waals surface area contributed by atoms with Crippen molar-refractivity contribution >= 4 is 15.7 Å². The molecule has 1 atom stereocenters. The summed E-state index contributed by atoms with van der Waals surface area (Å²) in [5, 5.41) is 1.80. The first-order valence-corrected chi connectivity index (χ1v) is 7.82. The van der Waals surface area contributed by atoms with Gasteiger partial charge in [-0.15, -0.1) is 0 Å². The first-order chi connectivity index (χ1) is 8.86. The predicted molar refractivity (Wildman–Crippen MR) is 71.9 cm³/mol. The number of nitrogens with one attached hydrogen (secondary N) is 1. The molecule has 19 heavy (non-hydrogen) atoms. The van der Waals surface area contributed by atoms with Gasteiger partial charge in [0.1, 0.15) is 5.82 Å². The van der Waals surface area contributed by atoms with E-state index in [2.05, 4.69) is 5.32 Å². The van der Waals surface area contributed by atoms with Gasteiger partial charge in [0.25, 0.3) is 0 Å². The van der Waals surface area contributed by atoms with Crippen LogP contribution < -0.4 is 5.32 Å². The molecule has 0 aliphatic rings. The van der Waals surface area contributed by atoms with Crippen LogP contribution >= 0.6 is 0 Å². The molecule has 1 aromatic rings. The van der Waals surface area contributed by atoms with E-state index in [9.17, 15) is 17.6 Å². The van der Waals surface area contributed by atoms with Crippen molar-refractivity contribution in [2.75, 3.05) is 12.3 Å². The molecule has 0 radical (unpaired) electrons. The number of carbonyl (C=O) groups excluding carboxylic acids is 1. The number of rotatable bonds is 6. The molecule has 0 aliphatic carbocycles. The van der Waals surface area contributed by atoms with Crippen molar-refractivity contribution in [1.29, 1.82) is 0 Å². The Bertz CT molecular complexity index is 525. The van der Waals surface area contributed by atoms with E-state index in [1.54, 1.807) is 13.8 Å². The van der Waals surface area contributed by atoms with Crippen LogP contribution in [0.15, 0.2) is 24.3 Å². The minimum Gasteiger partial charge on any atom is -0.356 e. The highest BCUT2D eigenvalue weighted by molar-refractivity contribution is 7.91. The van der Waals surface area contributed by atoms with E-state index >= 15 is 0 Å². The van der Waals surface area contributed by atoms with E-state index in [0.29, 0.717) is 12.1 Å². The fraction of sp³-hybridized carbons (Fsp3) is 0.462. The van der Waals surface area contributed by atoms with Crippen molar-refractivity contribution in [1.82, 2.24) is 5.32 Å². The smallest absolute Gasteiger partial charge is 0.221 e. The fourth-order valence-electron chi connectivity index (χ4n) is 1.64. The molecule has 0 saturated heterocycles. The van der Waals surface area contributed by atoms with Crippen LogP contribution in [0.25, 0.3) is 0 Å². The molecule has 1 rings (SSSR count). The minimum atomic E-state index is -3.42. The van der Waals surface area contributed by atoms with E-state index in [4.69, 9.17) is 0 Å². The quantitative estimate of drug-likeness (QED) is 0.868. The largest absolute Gasteiger partial charge is 0.356 e. The summed E-state index contributed by atoms with van der Waals surface area (Å²) in [5.74, 6) is -0.898. The van der Waals surface area contributed by atoms with Crippen LogP contribution in [0.1, 0.15) is 31.1 Å². The number of halogens is 1. The lowest BCUT2D eigenvalue weighted by Gasteiger charge is -2.13. The molecule has 6 heteroatoms. The molecule has 0 unspecified atom stereocenters. The van der Waals surface area contributed by atoms with Gasteiger partial charge < -0.3 is 5.32 Å². The molecule has 0 bridgehead atoms. The number of carbonyl (C=O) groups is 1. The summed E-state index contributed by atoms with van der Waals surface area (Å²) < 4.78 is 36.9. The SMILES string of the molecule is CCNC(=O)CCS(=O)(=O)[C@@H](C)c1ccc(F)cc1. The molecule has 0 aliphatic heterocycles. The summed E-state index contributed by atoms with van der Waals surface area (Å²) in [4.78, 5) is 11.3. The van der Waals surface area contributed by atoms with E-state index in [1.165, 1.54) is 24.3 Å². The van der Waals surface area contributed by atoms with Gasteiger partial charge in [0.15, 0.2) is 9.84 Å². The van der Waals surface area contributed by atoms with E-state index in [-0.39, 0.29) is 18.1 Å². The molecular formula is C13H18FNO3S. The van der Waals surface area contributed by atoms with Crippen LogP contribution in [0.5, 0.6) is 0 Å². The summed E-state index contributed by atoms with van der Waals surface area (Å²) in [6, 6.07) is 5.35. The Morgan fingerprint density at radius 2 is 1.89 bits per heavy atom.